The topological polar surface area (TPSA) is 96.3 Å². The van der Waals surface area contributed by atoms with Crippen molar-refractivity contribution in [2.45, 2.75) is 17.2 Å². The molecule has 2 N–H and O–H groups in total. The maximum absolute atomic E-state index is 13.2. The molecule has 1 aliphatic heterocycles. The van der Waals surface area contributed by atoms with Gasteiger partial charge in [-0.25, -0.2) is 13.2 Å². The lowest BCUT2D eigenvalue weighted by Crippen LogP contribution is -2.33. The summed E-state index contributed by atoms with van der Waals surface area (Å²) in [5, 5.41) is 8.85. The number of rotatable bonds is 6. The summed E-state index contributed by atoms with van der Waals surface area (Å²) in [6.45, 7) is 0. The molecule has 2 heterocycles. The summed E-state index contributed by atoms with van der Waals surface area (Å²) < 4.78 is 66.7. The van der Waals surface area contributed by atoms with E-state index < -0.39 is 32.5 Å². The number of nitrogens with zero attached hydrogens (tertiary/aromatic N) is 3. The highest BCUT2D eigenvalue weighted by Crippen LogP contribution is 2.44. The van der Waals surface area contributed by atoms with Gasteiger partial charge in [-0.05, 0) is 48.9 Å². The number of urea groups is 1. The molecule has 4 rings (SSSR count). The van der Waals surface area contributed by atoms with Gasteiger partial charge in [0, 0.05) is 30.4 Å². The van der Waals surface area contributed by atoms with Gasteiger partial charge in [-0.3, -0.25) is 8.99 Å². The summed E-state index contributed by atoms with van der Waals surface area (Å²) in [4.78, 5) is 12.6. The van der Waals surface area contributed by atoms with E-state index in [-0.39, 0.29) is 12.1 Å². The summed E-state index contributed by atoms with van der Waals surface area (Å²) in [5.41, 5.74) is 0.639. The van der Waals surface area contributed by atoms with Crippen molar-refractivity contribution in [3.8, 4) is 0 Å². The molecule has 0 fully saturated rings. The van der Waals surface area contributed by atoms with E-state index in [0.717, 1.165) is 26.8 Å². The molecule has 0 saturated heterocycles. The zero-order valence-corrected chi connectivity index (χ0v) is 20.8. The quantitative estimate of drug-likeness (QED) is 0.442. The summed E-state index contributed by atoms with van der Waals surface area (Å²) in [5.74, 6) is 0. The highest BCUT2D eigenvalue weighted by molar-refractivity contribution is 8.19. The number of aromatic nitrogens is 2. The van der Waals surface area contributed by atoms with Gasteiger partial charge in [0.05, 0.1) is 11.4 Å². The van der Waals surface area contributed by atoms with Crippen molar-refractivity contribution in [1.82, 2.24) is 9.78 Å². The summed E-state index contributed by atoms with van der Waals surface area (Å²) in [7, 11) is -1.06. The molecule has 0 spiro atoms. The van der Waals surface area contributed by atoms with E-state index in [1.807, 2.05) is 6.07 Å². The van der Waals surface area contributed by atoms with E-state index in [2.05, 4.69) is 15.7 Å². The van der Waals surface area contributed by atoms with Crippen molar-refractivity contribution >= 4 is 49.8 Å². The first-order valence-electron chi connectivity index (χ1n) is 10.6. The Labute approximate surface area is 210 Å². The van der Waals surface area contributed by atoms with E-state index in [4.69, 9.17) is 0 Å². The van der Waals surface area contributed by atoms with Gasteiger partial charge in [-0.15, -0.1) is 11.8 Å². The molecule has 0 radical (unpaired) electrons. The van der Waals surface area contributed by atoms with Crippen LogP contribution in [0.15, 0.2) is 66.7 Å². The number of hydrogen-bond donors (Lipinski definition) is 2. The van der Waals surface area contributed by atoms with Gasteiger partial charge >= 0.3 is 12.2 Å². The number of carbonyl (C=O) groups is 1. The number of aryl methyl sites for hydroxylation is 1. The second-order valence-electron chi connectivity index (χ2n) is 7.89. The third kappa shape index (κ3) is 5.51. The molecule has 1 aliphatic rings. The first kappa shape index (κ1) is 25.6. The summed E-state index contributed by atoms with van der Waals surface area (Å²) in [6, 6.07) is 15.6. The number of amides is 2. The number of anilines is 3. The van der Waals surface area contributed by atoms with E-state index in [1.54, 1.807) is 54.6 Å². The zero-order chi connectivity index (χ0) is 26.1. The largest absolute Gasteiger partial charge is 0.435 e. The van der Waals surface area contributed by atoms with Crippen LogP contribution in [0.25, 0.3) is 4.91 Å². The summed E-state index contributed by atoms with van der Waals surface area (Å²) in [6.07, 6.45) is -2.84. The highest BCUT2D eigenvalue weighted by Gasteiger charge is 2.38. The Balaban J connectivity index is 1.40. The van der Waals surface area contributed by atoms with Crippen LogP contribution in [0.5, 0.6) is 0 Å². The molecule has 8 nitrogen and oxygen atoms in total. The van der Waals surface area contributed by atoms with Crippen molar-refractivity contribution in [2.75, 3.05) is 22.0 Å². The van der Waals surface area contributed by atoms with E-state index in [0.29, 0.717) is 22.0 Å². The number of carbonyl (C=O) groups excluding carboxylic acids is 1. The Morgan fingerprint density at radius 2 is 1.69 bits per heavy atom. The molecule has 13 heteroatoms. The van der Waals surface area contributed by atoms with Crippen LogP contribution in [0.3, 0.4) is 0 Å². The minimum absolute atomic E-state index is 0.137. The Hall–Kier alpha value is -3.45. The fraction of sp³-hybridized carbons (Fsp3) is 0.217. The number of hydrogen-bond acceptors (Lipinski definition) is 5. The zero-order valence-electron chi connectivity index (χ0n) is 19.2. The third-order valence-electron chi connectivity index (χ3n) is 5.41. The van der Waals surface area contributed by atoms with Crippen LogP contribution in [0, 0.1) is 0 Å². The Bertz CT molecular complexity index is 1390. The van der Waals surface area contributed by atoms with Gasteiger partial charge < -0.3 is 10.6 Å². The van der Waals surface area contributed by atoms with Crippen LogP contribution in [-0.2, 0) is 23.2 Å². The minimum Gasteiger partial charge on any atom is -0.308 e. The highest BCUT2D eigenvalue weighted by atomic mass is 32.3. The van der Waals surface area contributed by atoms with Gasteiger partial charge in [-0.1, -0.05) is 24.3 Å². The Kier molecular flexibility index (Phi) is 7.05. The fourth-order valence-corrected chi connectivity index (χ4v) is 6.79. The van der Waals surface area contributed by atoms with Crippen LogP contribution >= 0.6 is 11.8 Å². The van der Waals surface area contributed by atoms with Gasteiger partial charge in [0.1, 0.15) is 4.58 Å². The van der Waals surface area contributed by atoms with E-state index in [9.17, 15) is 26.4 Å². The van der Waals surface area contributed by atoms with Crippen molar-refractivity contribution in [3.05, 3.63) is 78.1 Å². The van der Waals surface area contributed by atoms with Gasteiger partial charge in [0.25, 0.3) is 0 Å². The lowest BCUT2D eigenvalue weighted by atomic mass is 10.3. The molecule has 3 aromatic rings. The van der Waals surface area contributed by atoms with Crippen molar-refractivity contribution in [2.24, 2.45) is 7.05 Å². The number of alkyl halides is 3. The SMILES string of the molecule is CN(c1ccc(NC(=O)Nc2ccccc2)cc1)S(=O)(=O)C1CC=C(c2cc(C(F)(F)F)nn2C)S1. The van der Waals surface area contributed by atoms with Gasteiger partial charge in [0.2, 0.25) is 10.0 Å². The minimum atomic E-state index is -4.59. The second-order valence-corrected chi connectivity index (χ2v) is 11.6. The molecule has 190 valence electrons. The van der Waals surface area contributed by atoms with Crippen LogP contribution in [0.4, 0.5) is 35.0 Å². The molecule has 1 unspecified atom stereocenters. The molecular formula is C23H22F3N5O3S2. The number of para-hydroxylation sites is 1. The van der Waals surface area contributed by atoms with Crippen molar-refractivity contribution in [3.63, 3.8) is 0 Å². The molecule has 1 aromatic heterocycles. The first-order valence-corrected chi connectivity index (χ1v) is 13.0. The molecule has 0 aliphatic carbocycles. The standard InChI is InChI=1S/C23H22F3N5O3S2/c1-30-18(14-20(29-30)23(24,25)26)19-12-13-21(35-19)36(33,34)31(2)17-10-8-16(9-11-17)28-22(32)27-15-6-4-3-5-7-15/h3-12,14,21H,13H2,1-2H3,(H2,27,28,32). The number of allylic oxidation sites excluding steroid dienone is 1. The van der Waals surface area contributed by atoms with Gasteiger partial charge in [-0.2, -0.15) is 18.3 Å². The smallest absolute Gasteiger partial charge is 0.308 e. The number of thioether (sulfide) groups is 1. The lowest BCUT2D eigenvalue weighted by Gasteiger charge is -2.23. The van der Waals surface area contributed by atoms with E-state index in [1.165, 1.54) is 14.1 Å². The Morgan fingerprint density at radius 3 is 2.28 bits per heavy atom. The number of nitrogens with one attached hydrogen (secondary N) is 2. The first-order chi connectivity index (χ1) is 16.9. The molecule has 1 atom stereocenters. The normalized spacial score (nSPS) is 15.9. The lowest BCUT2D eigenvalue weighted by molar-refractivity contribution is -0.141. The molecule has 2 amide bonds. The van der Waals surface area contributed by atoms with Crippen molar-refractivity contribution in [1.29, 1.82) is 0 Å². The predicted molar refractivity (Wildman–Crippen MR) is 135 cm³/mol. The average Bonchev–Trinajstić information content (AvgIpc) is 3.47. The maximum atomic E-state index is 13.2. The third-order valence-corrected chi connectivity index (χ3v) is 9.35. The van der Waals surface area contributed by atoms with Crippen LogP contribution in [-0.4, -0.2) is 35.9 Å². The average molecular weight is 538 g/mol. The second kappa shape index (κ2) is 9.90. The monoisotopic (exact) mass is 537 g/mol. The molecule has 0 saturated carbocycles. The maximum Gasteiger partial charge on any atom is 0.435 e. The molecular weight excluding hydrogens is 515 g/mol. The molecule has 2 aromatic carbocycles. The number of benzene rings is 2. The number of halogens is 3. The molecule has 36 heavy (non-hydrogen) atoms. The van der Waals surface area contributed by atoms with E-state index >= 15 is 0 Å². The van der Waals surface area contributed by atoms with Crippen LogP contribution in [0.2, 0.25) is 0 Å². The summed E-state index contributed by atoms with van der Waals surface area (Å²) >= 11 is 0.982. The van der Waals surface area contributed by atoms with Gasteiger partial charge in [0.15, 0.2) is 5.69 Å². The predicted octanol–water partition coefficient (Wildman–Crippen LogP) is 5.35. The van der Waals surface area contributed by atoms with Crippen LogP contribution in [0.1, 0.15) is 17.8 Å². The van der Waals surface area contributed by atoms with Crippen molar-refractivity contribution < 1.29 is 26.4 Å². The Morgan fingerprint density at radius 1 is 1.08 bits per heavy atom. The fourth-order valence-electron chi connectivity index (χ4n) is 3.52. The van der Waals surface area contributed by atoms with Crippen LogP contribution < -0.4 is 14.9 Å². The molecule has 0 bridgehead atoms. The number of sulfonamides is 1.